The van der Waals surface area contributed by atoms with E-state index in [1.807, 2.05) is 109 Å². The molecule has 0 saturated heterocycles. The molecule has 4 heterocycles. The quantitative estimate of drug-likeness (QED) is 0.0494. The molecule has 53 heavy (non-hydrogen) atoms. The van der Waals surface area contributed by atoms with Gasteiger partial charge in [0.05, 0.1) is 20.8 Å². The third-order valence-corrected chi connectivity index (χ3v) is 10.2. The minimum absolute atomic E-state index is 0. The summed E-state index contributed by atoms with van der Waals surface area (Å²) >= 11 is 0. The maximum Gasteiger partial charge on any atom is 2.00 e. The van der Waals surface area contributed by atoms with Crippen LogP contribution >= 0.6 is 14.9 Å². The molecular weight excluding hydrogens is 778 g/mol. The zero-order valence-corrected chi connectivity index (χ0v) is 29.9. The standard InChI is InChI=1S/2C16H15N4OP.Cu.2NO3/c2*21-22(14-8-2-1-3-9-14,19-15-10-4-6-12-17-15)20-16-11-5-7-13-18-16;;2*2-1(3)4/h2*1-13H,(H2,17,18,19,20,21);;;/q;;+2;2*-1. The van der Waals surface area contributed by atoms with E-state index in [9.17, 15) is 9.13 Å². The van der Waals surface area contributed by atoms with Crippen LogP contribution in [0.4, 0.5) is 23.3 Å². The van der Waals surface area contributed by atoms with E-state index in [1.165, 1.54) is 0 Å². The number of anilines is 4. The van der Waals surface area contributed by atoms with Crippen molar-refractivity contribution in [3.05, 3.63) is 189 Å². The molecule has 18 nitrogen and oxygen atoms in total. The Morgan fingerprint density at radius 1 is 0.396 bits per heavy atom. The summed E-state index contributed by atoms with van der Waals surface area (Å²) in [4.78, 5) is 33.2. The topological polar surface area (TPSA) is 266 Å². The Kier molecular flexibility index (Phi) is 18.1. The molecule has 0 aliphatic rings. The first-order valence-electron chi connectivity index (χ1n) is 14.7. The van der Waals surface area contributed by atoms with Crippen molar-refractivity contribution in [3.63, 3.8) is 0 Å². The summed E-state index contributed by atoms with van der Waals surface area (Å²) in [7, 11) is -6.28. The van der Waals surface area contributed by atoms with Crippen LogP contribution in [-0.2, 0) is 26.2 Å². The Labute approximate surface area is 313 Å². The van der Waals surface area contributed by atoms with Gasteiger partial charge < -0.3 is 51.0 Å². The zero-order valence-electron chi connectivity index (χ0n) is 27.2. The first-order chi connectivity index (χ1) is 25.0. The Balaban J connectivity index is 0.000000301. The molecule has 1 radical (unpaired) electrons. The first kappa shape index (κ1) is 42.8. The molecule has 6 aromatic rings. The average molecular weight is 808 g/mol. The van der Waals surface area contributed by atoms with Crippen LogP contribution in [0.2, 0.25) is 0 Å². The molecule has 0 aliphatic carbocycles. The summed E-state index contributed by atoms with van der Waals surface area (Å²) in [5, 5.41) is 42.9. The molecule has 0 aliphatic heterocycles. The van der Waals surface area contributed by atoms with E-state index in [0.717, 1.165) is 0 Å². The number of pyridine rings is 4. The first-order valence-corrected chi connectivity index (χ1v) is 18.1. The number of hydrogen-bond acceptors (Lipinski definition) is 12. The Morgan fingerprint density at radius 3 is 0.792 bits per heavy atom. The summed E-state index contributed by atoms with van der Waals surface area (Å²) < 4.78 is 26.9. The van der Waals surface area contributed by atoms with Gasteiger partial charge in [0.2, 0.25) is 0 Å². The molecule has 21 heteroatoms. The van der Waals surface area contributed by atoms with Gasteiger partial charge in [-0.2, -0.15) is 0 Å². The minimum Gasteiger partial charge on any atom is -0.356 e. The number of aromatic nitrogens is 4. The van der Waals surface area contributed by atoms with Crippen LogP contribution in [-0.4, -0.2) is 30.1 Å². The zero-order chi connectivity index (χ0) is 37.7. The monoisotopic (exact) mass is 807 g/mol. The number of benzene rings is 2. The van der Waals surface area contributed by atoms with Crippen molar-refractivity contribution in [2.24, 2.45) is 0 Å². The third kappa shape index (κ3) is 16.0. The van der Waals surface area contributed by atoms with E-state index in [-0.39, 0.29) is 17.1 Å². The van der Waals surface area contributed by atoms with Crippen molar-refractivity contribution in [1.29, 1.82) is 0 Å². The van der Waals surface area contributed by atoms with Crippen molar-refractivity contribution in [1.82, 2.24) is 19.9 Å². The predicted octanol–water partition coefficient (Wildman–Crippen LogP) is 6.56. The average Bonchev–Trinajstić information content (AvgIpc) is 3.14. The summed E-state index contributed by atoms with van der Waals surface area (Å²) in [6.07, 6.45) is 6.60. The molecule has 4 N–H and O–H groups in total. The maximum absolute atomic E-state index is 13.5. The SMILES string of the molecule is O=P(Nc1ccccn1)(Nc1ccccn1)c1ccccc1.O=P(Nc1ccccn1)(Nc1ccccn1)c1ccccc1.O=[N+]([O-])[O-].O=[N+]([O-])[O-].[Cu+2]. The van der Waals surface area contributed by atoms with Gasteiger partial charge >= 0.3 is 17.1 Å². The second kappa shape index (κ2) is 22.4. The molecule has 0 atom stereocenters. The molecule has 6 rings (SSSR count). The minimum atomic E-state index is -3.14. The van der Waals surface area contributed by atoms with E-state index in [0.29, 0.717) is 33.9 Å². The van der Waals surface area contributed by atoms with Crippen LogP contribution in [0.1, 0.15) is 0 Å². The van der Waals surface area contributed by atoms with Crippen LogP contribution in [0.15, 0.2) is 158 Å². The molecule has 277 valence electrons. The maximum atomic E-state index is 13.5. The van der Waals surface area contributed by atoms with Crippen molar-refractivity contribution in [3.8, 4) is 0 Å². The van der Waals surface area contributed by atoms with Crippen molar-refractivity contribution in [2.45, 2.75) is 0 Å². The fourth-order valence-corrected chi connectivity index (χ4v) is 7.58. The number of nitrogens with zero attached hydrogens (tertiary/aromatic N) is 6. The van der Waals surface area contributed by atoms with E-state index in [1.54, 1.807) is 49.1 Å². The summed E-state index contributed by atoms with van der Waals surface area (Å²) in [5.41, 5.74) is 0. The molecule has 0 fully saturated rings. The Bertz CT molecular complexity index is 1790. The molecular formula is C32H30CuN10O8P2. The van der Waals surface area contributed by atoms with Gasteiger partial charge in [-0.15, -0.1) is 0 Å². The van der Waals surface area contributed by atoms with Crippen LogP contribution in [0, 0.1) is 30.6 Å². The molecule has 0 bridgehead atoms. The second-order valence-corrected chi connectivity index (χ2v) is 14.0. The van der Waals surface area contributed by atoms with E-state index < -0.39 is 25.1 Å². The molecule has 0 unspecified atom stereocenters. The second-order valence-electron chi connectivity index (χ2n) is 9.64. The molecule has 0 spiro atoms. The molecule has 0 amide bonds. The fraction of sp³-hybridized carbons (Fsp3) is 0. The van der Waals surface area contributed by atoms with Crippen molar-refractivity contribution < 1.29 is 36.4 Å². The van der Waals surface area contributed by atoms with Crippen LogP contribution in [0.25, 0.3) is 0 Å². The van der Waals surface area contributed by atoms with E-state index in [2.05, 4.69) is 40.3 Å². The number of nitrogens with one attached hydrogen (secondary N) is 4. The van der Waals surface area contributed by atoms with Gasteiger partial charge in [-0.05, 0) is 72.8 Å². The predicted molar refractivity (Wildman–Crippen MR) is 200 cm³/mol. The van der Waals surface area contributed by atoms with E-state index in [4.69, 9.17) is 30.6 Å². The van der Waals surface area contributed by atoms with Gasteiger partial charge in [0.25, 0.3) is 14.9 Å². The fourth-order valence-electron chi connectivity index (χ4n) is 3.95. The normalized spacial score (nSPS) is 9.96. The van der Waals surface area contributed by atoms with Gasteiger partial charge in [-0.1, -0.05) is 60.7 Å². The van der Waals surface area contributed by atoms with Crippen molar-refractivity contribution in [2.75, 3.05) is 20.3 Å². The Morgan fingerprint density at radius 2 is 0.604 bits per heavy atom. The van der Waals surface area contributed by atoms with Gasteiger partial charge in [0, 0.05) is 24.8 Å². The third-order valence-electron chi connectivity index (χ3n) is 5.99. The van der Waals surface area contributed by atoms with Crippen LogP contribution in [0.5, 0.6) is 0 Å². The van der Waals surface area contributed by atoms with Crippen LogP contribution in [0.3, 0.4) is 0 Å². The van der Waals surface area contributed by atoms with Gasteiger partial charge in [0.15, 0.2) is 0 Å². The Hall–Kier alpha value is -6.38. The van der Waals surface area contributed by atoms with Gasteiger partial charge in [0.1, 0.15) is 23.3 Å². The molecule has 0 saturated carbocycles. The molecule has 2 aromatic carbocycles. The number of rotatable bonds is 10. The van der Waals surface area contributed by atoms with Crippen LogP contribution < -0.4 is 31.0 Å². The molecule has 4 aromatic heterocycles. The summed E-state index contributed by atoms with van der Waals surface area (Å²) in [5.74, 6) is 2.16. The summed E-state index contributed by atoms with van der Waals surface area (Å²) in [6.45, 7) is 0. The van der Waals surface area contributed by atoms with E-state index >= 15 is 0 Å². The van der Waals surface area contributed by atoms with Crippen molar-refractivity contribution >= 4 is 48.8 Å². The summed E-state index contributed by atoms with van der Waals surface area (Å²) in [6, 6.07) is 40.1. The number of hydrogen-bond donors (Lipinski definition) is 4. The van der Waals surface area contributed by atoms with Gasteiger partial charge in [-0.3, -0.25) is 9.13 Å². The smallest absolute Gasteiger partial charge is 0.356 e. The van der Waals surface area contributed by atoms with Gasteiger partial charge in [-0.25, -0.2) is 19.9 Å². The largest absolute Gasteiger partial charge is 2.00 e.